The van der Waals surface area contributed by atoms with Gasteiger partial charge in [0.1, 0.15) is 5.69 Å². The van der Waals surface area contributed by atoms with E-state index < -0.39 is 0 Å². The van der Waals surface area contributed by atoms with Crippen LogP contribution in [0.25, 0.3) is 22.9 Å². The molecule has 0 aliphatic rings. The highest BCUT2D eigenvalue weighted by Crippen LogP contribution is 2.16. The smallest absolute Gasteiger partial charge is 0.105 e. The molecule has 1 aromatic heterocycles. The zero-order valence-corrected chi connectivity index (χ0v) is 9.17. The van der Waals surface area contributed by atoms with Crippen molar-refractivity contribution in [2.45, 2.75) is 0 Å². The summed E-state index contributed by atoms with van der Waals surface area (Å²) in [6.45, 7) is 0. The summed E-state index contributed by atoms with van der Waals surface area (Å²) in [6.07, 6.45) is 5.66. The first kappa shape index (κ1) is 9.78. The largest absolute Gasteiger partial charge is 0.197 e. The molecule has 0 saturated carbocycles. The molecule has 1 heterocycles. The van der Waals surface area contributed by atoms with E-state index in [0.717, 1.165) is 11.3 Å². The second-order valence-corrected chi connectivity index (χ2v) is 3.83. The van der Waals surface area contributed by atoms with E-state index in [1.54, 1.807) is 6.20 Å². The molecule has 0 fully saturated rings. The van der Waals surface area contributed by atoms with E-state index in [9.17, 15) is 0 Å². The predicted octanol–water partition coefficient (Wildman–Crippen LogP) is 3.13. The highest BCUT2D eigenvalue weighted by Gasteiger charge is 1.93. The van der Waals surface area contributed by atoms with Gasteiger partial charge in [0, 0.05) is 0 Å². The molecule has 17 heavy (non-hydrogen) atoms. The third-order valence-electron chi connectivity index (χ3n) is 2.65. The van der Waals surface area contributed by atoms with Gasteiger partial charge in [0.2, 0.25) is 0 Å². The van der Waals surface area contributed by atoms with E-state index in [1.165, 1.54) is 10.8 Å². The van der Waals surface area contributed by atoms with Gasteiger partial charge in [0.05, 0.1) is 6.20 Å². The number of rotatable bonds is 2. The second kappa shape index (κ2) is 4.22. The molecule has 3 heteroatoms. The number of benzene rings is 2. The lowest BCUT2D eigenvalue weighted by Gasteiger charge is -1.98. The normalized spacial score (nSPS) is 11.3. The lowest BCUT2D eigenvalue weighted by Crippen LogP contribution is -1.75. The van der Waals surface area contributed by atoms with Crippen LogP contribution in [0.1, 0.15) is 11.3 Å². The van der Waals surface area contributed by atoms with Gasteiger partial charge in [0.25, 0.3) is 0 Å². The lowest BCUT2D eigenvalue weighted by atomic mass is 10.1. The Bertz CT molecular complexity index is 654. The summed E-state index contributed by atoms with van der Waals surface area (Å²) in [5.74, 6) is 0. The van der Waals surface area contributed by atoms with Gasteiger partial charge in [-0.1, -0.05) is 42.5 Å². The molecule has 3 nitrogen and oxygen atoms in total. The molecule has 0 unspecified atom stereocenters. The average Bonchev–Trinajstić information content (AvgIpc) is 2.89. The molecule has 0 aliphatic heterocycles. The zero-order valence-electron chi connectivity index (χ0n) is 9.17. The van der Waals surface area contributed by atoms with Crippen LogP contribution in [0, 0.1) is 0 Å². The first-order valence-corrected chi connectivity index (χ1v) is 5.44. The first-order chi connectivity index (χ1) is 8.42. The van der Waals surface area contributed by atoms with E-state index in [2.05, 4.69) is 45.7 Å². The summed E-state index contributed by atoms with van der Waals surface area (Å²) in [4.78, 5) is 0. The van der Waals surface area contributed by atoms with Crippen molar-refractivity contribution in [1.29, 1.82) is 0 Å². The minimum atomic E-state index is 0.832. The van der Waals surface area contributed by atoms with Gasteiger partial charge in [-0.15, -0.1) is 0 Å². The summed E-state index contributed by atoms with van der Waals surface area (Å²) in [5.41, 5.74) is 1.99. The number of aromatic nitrogens is 3. The third kappa shape index (κ3) is 2.08. The van der Waals surface area contributed by atoms with Crippen LogP contribution in [0.15, 0.2) is 48.7 Å². The molecule has 1 N–H and O–H groups in total. The first-order valence-electron chi connectivity index (χ1n) is 5.44. The number of fused-ring (bicyclic) bond motifs is 1. The summed E-state index contributed by atoms with van der Waals surface area (Å²) < 4.78 is 0. The Kier molecular flexibility index (Phi) is 2.43. The fraction of sp³-hybridized carbons (Fsp3) is 0. The Morgan fingerprint density at radius 1 is 0.941 bits per heavy atom. The highest BCUT2D eigenvalue weighted by atomic mass is 15.3. The predicted molar refractivity (Wildman–Crippen MR) is 69.3 cm³/mol. The molecule has 0 amide bonds. The van der Waals surface area contributed by atoms with E-state index in [4.69, 9.17) is 0 Å². The molecule has 0 aliphatic carbocycles. The molecule has 3 rings (SSSR count). The molecule has 2 aromatic carbocycles. The average molecular weight is 221 g/mol. The van der Waals surface area contributed by atoms with Gasteiger partial charge in [0.15, 0.2) is 0 Å². The van der Waals surface area contributed by atoms with Crippen LogP contribution in [0.5, 0.6) is 0 Å². The number of nitrogens with zero attached hydrogens (tertiary/aromatic N) is 2. The summed E-state index contributed by atoms with van der Waals surface area (Å²) in [6, 6.07) is 14.7. The van der Waals surface area contributed by atoms with Gasteiger partial charge >= 0.3 is 0 Å². The fourth-order valence-electron chi connectivity index (χ4n) is 1.78. The maximum atomic E-state index is 3.97. The molecule has 3 aromatic rings. The number of hydrogen-bond acceptors (Lipinski definition) is 2. The SMILES string of the molecule is C(=Cc1cn[nH]n1)c1ccc2ccccc2c1. The molecule has 0 saturated heterocycles. The Morgan fingerprint density at radius 3 is 2.65 bits per heavy atom. The zero-order chi connectivity index (χ0) is 11.5. The third-order valence-corrected chi connectivity index (χ3v) is 2.65. The molecule has 0 spiro atoms. The summed E-state index contributed by atoms with van der Waals surface area (Å²) in [5, 5.41) is 12.8. The number of hydrogen-bond donors (Lipinski definition) is 1. The lowest BCUT2D eigenvalue weighted by molar-refractivity contribution is 0.937. The van der Waals surface area contributed by atoms with Crippen LogP contribution in [-0.2, 0) is 0 Å². The van der Waals surface area contributed by atoms with Gasteiger partial charge in [-0.25, -0.2) is 0 Å². The minimum absolute atomic E-state index is 0.832. The van der Waals surface area contributed by atoms with Crippen molar-refractivity contribution in [1.82, 2.24) is 15.4 Å². The standard InChI is InChI=1S/C14H11N3/c1-2-4-13-9-11(5-7-12(13)3-1)6-8-14-10-15-17-16-14/h1-10H,(H,15,16,17). The number of aromatic amines is 1. The van der Waals surface area contributed by atoms with E-state index in [0.29, 0.717) is 0 Å². The number of nitrogens with one attached hydrogen (secondary N) is 1. The van der Waals surface area contributed by atoms with Crippen LogP contribution in [-0.4, -0.2) is 15.4 Å². The fourth-order valence-corrected chi connectivity index (χ4v) is 1.78. The van der Waals surface area contributed by atoms with Crippen molar-refractivity contribution < 1.29 is 0 Å². The second-order valence-electron chi connectivity index (χ2n) is 3.83. The molecule has 82 valence electrons. The molecule has 0 bridgehead atoms. The maximum absolute atomic E-state index is 3.97. The van der Waals surface area contributed by atoms with Crippen LogP contribution in [0.2, 0.25) is 0 Å². The summed E-state index contributed by atoms with van der Waals surface area (Å²) >= 11 is 0. The van der Waals surface area contributed by atoms with Gasteiger partial charge in [-0.3, -0.25) is 0 Å². The van der Waals surface area contributed by atoms with Crippen molar-refractivity contribution >= 4 is 22.9 Å². The van der Waals surface area contributed by atoms with Crippen molar-refractivity contribution in [3.05, 3.63) is 59.9 Å². The van der Waals surface area contributed by atoms with Crippen molar-refractivity contribution in [3.63, 3.8) is 0 Å². The van der Waals surface area contributed by atoms with Crippen molar-refractivity contribution in [3.8, 4) is 0 Å². The van der Waals surface area contributed by atoms with Crippen molar-refractivity contribution in [2.75, 3.05) is 0 Å². The van der Waals surface area contributed by atoms with Crippen LogP contribution < -0.4 is 0 Å². The maximum Gasteiger partial charge on any atom is 0.105 e. The minimum Gasteiger partial charge on any atom is -0.197 e. The monoisotopic (exact) mass is 221 g/mol. The molecular weight excluding hydrogens is 210 g/mol. The Labute approximate surface area is 98.8 Å². The van der Waals surface area contributed by atoms with Crippen LogP contribution in [0.4, 0.5) is 0 Å². The Hall–Kier alpha value is -2.42. The van der Waals surface area contributed by atoms with Gasteiger partial charge in [-0.05, 0) is 28.5 Å². The van der Waals surface area contributed by atoms with Crippen molar-refractivity contribution in [2.24, 2.45) is 0 Å². The van der Waals surface area contributed by atoms with Crippen LogP contribution in [0.3, 0.4) is 0 Å². The Balaban J connectivity index is 1.96. The van der Waals surface area contributed by atoms with E-state index >= 15 is 0 Å². The quantitative estimate of drug-likeness (QED) is 0.722. The van der Waals surface area contributed by atoms with Gasteiger partial charge in [-0.2, -0.15) is 15.4 Å². The van der Waals surface area contributed by atoms with Gasteiger partial charge < -0.3 is 0 Å². The van der Waals surface area contributed by atoms with Crippen LogP contribution >= 0.6 is 0 Å². The van der Waals surface area contributed by atoms with E-state index in [-0.39, 0.29) is 0 Å². The highest BCUT2D eigenvalue weighted by molar-refractivity contribution is 5.85. The summed E-state index contributed by atoms with van der Waals surface area (Å²) in [7, 11) is 0. The Morgan fingerprint density at radius 2 is 1.82 bits per heavy atom. The topological polar surface area (TPSA) is 41.6 Å². The van der Waals surface area contributed by atoms with E-state index in [1.807, 2.05) is 24.3 Å². The molecular formula is C14H11N3. The molecule has 0 atom stereocenters. The molecule has 0 radical (unpaired) electrons. The number of H-pyrrole nitrogens is 1.